The normalized spacial score (nSPS) is 13.0. The molecule has 170 valence electrons. The summed E-state index contributed by atoms with van der Waals surface area (Å²) in [6, 6.07) is 14.9. The molecule has 0 saturated carbocycles. The van der Waals surface area contributed by atoms with Gasteiger partial charge < -0.3 is 25.0 Å². The molecule has 0 saturated heterocycles. The van der Waals surface area contributed by atoms with Crippen molar-refractivity contribution in [3.8, 4) is 11.1 Å². The van der Waals surface area contributed by atoms with Crippen LogP contribution in [0.1, 0.15) is 35.4 Å². The summed E-state index contributed by atoms with van der Waals surface area (Å²) in [7, 11) is 0. The van der Waals surface area contributed by atoms with E-state index in [1.165, 1.54) is 12.5 Å². The van der Waals surface area contributed by atoms with Gasteiger partial charge in [0.15, 0.2) is 0 Å². The summed E-state index contributed by atoms with van der Waals surface area (Å²) >= 11 is 0. The summed E-state index contributed by atoms with van der Waals surface area (Å²) in [5.74, 6) is -1.71. The van der Waals surface area contributed by atoms with Crippen molar-refractivity contribution < 1.29 is 28.8 Å². The van der Waals surface area contributed by atoms with Crippen molar-refractivity contribution in [1.82, 2.24) is 15.8 Å². The molecule has 1 heterocycles. The molecule has 1 aromatic heterocycles. The minimum atomic E-state index is -1.07. The molecule has 0 spiro atoms. The summed E-state index contributed by atoms with van der Waals surface area (Å²) < 4.78 is 10.2. The van der Waals surface area contributed by atoms with Crippen LogP contribution in [0, 0.1) is 0 Å². The molecule has 1 aliphatic rings. The number of carboxylic acid groups (broad SMARTS) is 1. The van der Waals surface area contributed by atoms with E-state index in [0.29, 0.717) is 5.56 Å². The van der Waals surface area contributed by atoms with E-state index in [-0.39, 0.29) is 31.9 Å². The second-order valence-corrected chi connectivity index (χ2v) is 7.71. The van der Waals surface area contributed by atoms with Crippen LogP contribution in [-0.4, -0.2) is 40.9 Å². The first kappa shape index (κ1) is 22.1. The Morgan fingerprint density at radius 1 is 1.06 bits per heavy atom. The van der Waals surface area contributed by atoms with Gasteiger partial charge in [0.25, 0.3) is 0 Å². The van der Waals surface area contributed by atoms with E-state index in [4.69, 9.17) is 14.4 Å². The van der Waals surface area contributed by atoms with Crippen LogP contribution in [0.15, 0.2) is 65.5 Å². The van der Waals surface area contributed by atoms with Gasteiger partial charge in [-0.15, -0.1) is 0 Å². The van der Waals surface area contributed by atoms with Crippen LogP contribution in [-0.2, 0) is 20.9 Å². The molecule has 0 radical (unpaired) electrons. The summed E-state index contributed by atoms with van der Waals surface area (Å²) in [6.45, 7) is 0.228. The number of carbonyl (C=O) groups excluding carboxylic acids is 2. The number of fused-ring (bicyclic) bond motifs is 3. The number of carboxylic acids is 1. The monoisotopic (exact) mass is 449 g/mol. The quantitative estimate of drug-likeness (QED) is 0.458. The maximum atomic E-state index is 12.5. The molecule has 1 atom stereocenters. The highest BCUT2D eigenvalue weighted by Gasteiger charge is 2.30. The molecule has 0 bridgehead atoms. The van der Waals surface area contributed by atoms with E-state index < -0.39 is 24.0 Å². The van der Waals surface area contributed by atoms with E-state index in [1.54, 1.807) is 0 Å². The van der Waals surface area contributed by atoms with E-state index >= 15 is 0 Å². The van der Waals surface area contributed by atoms with Crippen LogP contribution in [0.25, 0.3) is 11.1 Å². The Kier molecular flexibility index (Phi) is 6.68. The second-order valence-electron chi connectivity index (χ2n) is 7.71. The second kappa shape index (κ2) is 9.99. The third kappa shape index (κ3) is 5.20. The molecule has 33 heavy (non-hydrogen) atoms. The summed E-state index contributed by atoms with van der Waals surface area (Å²) in [4.78, 5) is 36.1. The molecule has 0 fully saturated rings. The number of hydrogen-bond donors (Lipinski definition) is 3. The predicted octanol–water partition coefficient (Wildman–Crippen LogP) is 3.06. The van der Waals surface area contributed by atoms with Crippen LogP contribution < -0.4 is 10.6 Å². The number of carbonyl (C=O) groups is 3. The Morgan fingerprint density at radius 2 is 1.73 bits per heavy atom. The molecule has 9 nitrogen and oxygen atoms in total. The largest absolute Gasteiger partial charge is 0.481 e. The first-order chi connectivity index (χ1) is 16.0. The van der Waals surface area contributed by atoms with Gasteiger partial charge in [0.1, 0.15) is 18.9 Å². The van der Waals surface area contributed by atoms with Gasteiger partial charge in [-0.1, -0.05) is 53.7 Å². The number of aliphatic carboxylic acids is 1. The number of rotatable bonds is 9. The van der Waals surface area contributed by atoms with Crippen molar-refractivity contribution >= 4 is 18.0 Å². The number of benzene rings is 2. The third-order valence-electron chi connectivity index (χ3n) is 5.55. The lowest BCUT2D eigenvalue weighted by Crippen LogP contribution is -2.47. The lowest BCUT2D eigenvalue weighted by Gasteiger charge is -2.19. The number of ether oxygens (including phenoxy) is 1. The summed E-state index contributed by atoms with van der Waals surface area (Å²) in [5, 5.41) is 17.7. The Hall–Kier alpha value is -4.14. The average molecular weight is 449 g/mol. The zero-order chi connectivity index (χ0) is 23.2. The van der Waals surface area contributed by atoms with Gasteiger partial charge in [0.05, 0.1) is 6.20 Å². The van der Waals surface area contributed by atoms with Gasteiger partial charge >= 0.3 is 12.1 Å². The maximum Gasteiger partial charge on any atom is 0.407 e. The van der Waals surface area contributed by atoms with Gasteiger partial charge in [0.2, 0.25) is 5.91 Å². The van der Waals surface area contributed by atoms with Crippen LogP contribution in [0.3, 0.4) is 0 Å². The molecule has 3 aromatic rings. The number of amides is 2. The molecular weight excluding hydrogens is 426 g/mol. The molecule has 3 N–H and O–H groups in total. The SMILES string of the molecule is O=C(O)CCC(NC(=O)OCC1c2ccccc2-c2ccccc21)C(=O)NCc1cnoc1. The maximum absolute atomic E-state index is 12.5. The van der Waals surface area contributed by atoms with Gasteiger partial charge in [0, 0.05) is 24.4 Å². The van der Waals surface area contributed by atoms with E-state index in [2.05, 4.69) is 15.8 Å². The Bertz CT molecular complexity index is 1100. The topological polar surface area (TPSA) is 131 Å². The smallest absolute Gasteiger partial charge is 0.407 e. The van der Waals surface area contributed by atoms with E-state index in [1.807, 2.05) is 48.5 Å². The van der Waals surface area contributed by atoms with Crippen molar-refractivity contribution in [3.05, 3.63) is 77.7 Å². The number of nitrogens with one attached hydrogen (secondary N) is 2. The average Bonchev–Trinajstić information content (AvgIpc) is 3.45. The van der Waals surface area contributed by atoms with Crippen molar-refractivity contribution in [1.29, 1.82) is 0 Å². The lowest BCUT2D eigenvalue weighted by molar-refractivity contribution is -0.137. The fraction of sp³-hybridized carbons (Fsp3) is 0.250. The molecule has 1 aliphatic carbocycles. The zero-order valence-corrected chi connectivity index (χ0v) is 17.7. The zero-order valence-electron chi connectivity index (χ0n) is 17.7. The molecule has 0 aliphatic heterocycles. The highest BCUT2D eigenvalue weighted by molar-refractivity contribution is 5.86. The van der Waals surface area contributed by atoms with E-state index in [0.717, 1.165) is 22.3 Å². The molecule has 9 heteroatoms. The Morgan fingerprint density at radius 3 is 2.33 bits per heavy atom. The molecule has 2 aromatic carbocycles. The Labute approximate surface area is 189 Å². The van der Waals surface area contributed by atoms with Crippen molar-refractivity contribution in [2.24, 2.45) is 0 Å². The lowest BCUT2D eigenvalue weighted by atomic mass is 9.98. The Balaban J connectivity index is 1.39. The van der Waals surface area contributed by atoms with Gasteiger partial charge in [-0.2, -0.15) is 0 Å². The minimum Gasteiger partial charge on any atom is -0.481 e. The van der Waals surface area contributed by atoms with Crippen molar-refractivity contribution in [2.75, 3.05) is 6.61 Å². The fourth-order valence-corrected chi connectivity index (χ4v) is 3.95. The minimum absolute atomic E-state index is 0.0744. The molecular formula is C24H23N3O6. The van der Waals surface area contributed by atoms with Gasteiger partial charge in [-0.05, 0) is 28.7 Å². The van der Waals surface area contributed by atoms with Crippen LogP contribution in [0.5, 0.6) is 0 Å². The molecule has 1 unspecified atom stereocenters. The van der Waals surface area contributed by atoms with Crippen LogP contribution in [0.4, 0.5) is 4.79 Å². The first-order valence-corrected chi connectivity index (χ1v) is 10.5. The predicted molar refractivity (Wildman–Crippen MR) is 117 cm³/mol. The third-order valence-corrected chi connectivity index (χ3v) is 5.55. The summed E-state index contributed by atoms with van der Waals surface area (Å²) in [5.41, 5.74) is 4.99. The highest BCUT2D eigenvalue weighted by atomic mass is 16.5. The van der Waals surface area contributed by atoms with E-state index in [9.17, 15) is 14.4 Å². The van der Waals surface area contributed by atoms with Crippen molar-refractivity contribution in [3.63, 3.8) is 0 Å². The standard InChI is InChI=1S/C24H23N3O6/c28-22(29)10-9-21(23(30)25-11-15-12-26-33-13-15)27-24(31)32-14-20-18-7-3-1-5-16(18)17-6-2-4-8-19(17)20/h1-8,12-13,20-21H,9-11,14H2,(H,25,30)(H,27,31)(H,28,29). The number of alkyl carbamates (subject to hydrolysis) is 1. The highest BCUT2D eigenvalue weighted by Crippen LogP contribution is 2.44. The van der Waals surface area contributed by atoms with Gasteiger partial charge in [-0.3, -0.25) is 9.59 Å². The first-order valence-electron chi connectivity index (χ1n) is 10.5. The van der Waals surface area contributed by atoms with Gasteiger partial charge in [-0.25, -0.2) is 4.79 Å². The van der Waals surface area contributed by atoms with Crippen LogP contribution in [0.2, 0.25) is 0 Å². The van der Waals surface area contributed by atoms with Crippen molar-refractivity contribution in [2.45, 2.75) is 31.3 Å². The van der Waals surface area contributed by atoms with Crippen LogP contribution >= 0.6 is 0 Å². The number of hydrogen-bond acceptors (Lipinski definition) is 6. The number of nitrogens with zero attached hydrogens (tertiary/aromatic N) is 1. The fourth-order valence-electron chi connectivity index (χ4n) is 3.95. The summed E-state index contributed by atoms with van der Waals surface area (Å²) in [6.07, 6.45) is 1.69. The molecule has 2 amide bonds. The number of aromatic nitrogens is 1. The molecule has 4 rings (SSSR count).